The van der Waals surface area contributed by atoms with E-state index in [9.17, 15) is 0 Å². The number of rotatable bonds is 5. The first-order valence-electron chi connectivity index (χ1n) is 7.43. The lowest BCUT2D eigenvalue weighted by Gasteiger charge is -2.20. The van der Waals surface area contributed by atoms with Crippen LogP contribution >= 0.6 is 22.9 Å². The maximum absolute atomic E-state index is 6.85. The van der Waals surface area contributed by atoms with Gasteiger partial charge in [0, 0.05) is 0 Å². The summed E-state index contributed by atoms with van der Waals surface area (Å²) in [4.78, 5) is 0. The summed E-state index contributed by atoms with van der Waals surface area (Å²) in [5.41, 5.74) is 8.16. The van der Waals surface area contributed by atoms with Gasteiger partial charge in [0.25, 0.3) is 0 Å². The van der Waals surface area contributed by atoms with Crippen LogP contribution < -0.4 is 0 Å². The van der Waals surface area contributed by atoms with Crippen molar-refractivity contribution in [2.24, 2.45) is 0 Å². The van der Waals surface area contributed by atoms with Crippen LogP contribution in [0.15, 0.2) is 22.9 Å². The molecule has 20 heavy (non-hydrogen) atoms. The molecule has 0 saturated carbocycles. The topological polar surface area (TPSA) is 0 Å². The van der Waals surface area contributed by atoms with E-state index in [-0.39, 0.29) is 5.38 Å². The van der Waals surface area contributed by atoms with Crippen LogP contribution in [0.5, 0.6) is 0 Å². The number of hydrogen-bond acceptors (Lipinski definition) is 1. The predicted molar refractivity (Wildman–Crippen MR) is 91.3 cm³/mol. The zero-order valence-corrected chi connectivity index (χ0v) is 14.4. The fourth-order valence-corrected chi connectivity index (χ4v) is 4.22. The van der Waals surface area contributed by atoms with Gasteiger partial charge in [0.1, 0.15) is 0 Å². The van der Waals surface area contributed by atoms with E-state index in [1.165, 1.54) is 33.4 Å². The van der Waals surface area contributed by atoms with Gasteiger partial charge in [0.2, 0.25) is 0 Å². The quantitative estimate of drug-likeness (QED) is 0.588. The smallest absolute Gasteiger partial charge is 0.0851 e. The van der Waals surface area contributed by atoms with Gasteiger partial charge in [-0.3, -0.25) is 0 Å². The molecule has 108 valence electrons. The summed E-state index contributed by atoms with van der Waals surface area (Å²) in [6, 6.07) is 4.68. The number of thiophene rings is 1. The lowest BCUT2D eigenvalue weighted by Crippen LogP contribution is -2.05. The zero-order valence-electron chi connectivity index (χ0n) is 12.8. The van der Waals surface area contributed by atoms with Crippen LogP contribution in [0.25, 0.3) is 0 Å². The predicted octanol–water partition coefficient (Wildman–Crippen LogP) is 6.07. The molecule has 0 radical (unpaired) electrons. The van der Waals surface area contributed by atoms with Crippen LogP contribution in [0.1, 0.15) is 59.5 Å². The summed E-state index contributed by atoms with van der Waals surface area (Å²) in [5.74, 6) is 0. The maximum atomic E-state index is 6.85. The van der Waals surface area contributed by atoms with Crippen molar-refractivity contribution in [2.75, 3.05) is 0 Å². The van der Waals surface area contributed by atoms with E-state index in [1.807, 2.05) is 0 Å². The fraction of sp³-hybridized carbons (Fsp3) is 0.444. The SMILES string of the molecule is CCc1cc(CC)c(C(Cl)c2cscc2C)c(CC)c1. The van der Waals surface area contributed by atoms with Crippen molar-refractivity contribution >= 4 is 22.9 Å². The molecule has 0 saturated heterocycles. The first kappa shape index (κ1) is 15.6. The Morgan fingerprint density at radius 3 is 2.00 bits per heavy atom. The average Bonchev–Trinajstić information content (AvgIpc) is 2.91. The van der Waals surface area contributed by atoms with Gasteiger partial charge >= 0.3 is 0 Å². The van der Waals surface area contributed by atoms with Crippen molar-refractivity contribution in [1.82, 2.24) is 0 Å². The Kier molecular flexibility index (Phi) is 5.29. The third-order valence-corrected chi connectivity index (χ3v) is 5.34. The Labute approximate surface area is 131 Å². The Morgan fingerprint density at radius 1 is 1.00 bits per heavy atom. The average molecular weight is 307 g/mol. The van der Waals surface area contributed by atoms with E-state index >= 15 is 0 Å². The van der Waals surface area contributed by atoms with Crippen LogP contribution in [0.2, 0.25) is 0 Å². The first-order valence-corrected chi connectivity index (χ1v) is 8.81. The molecular weight excluding hydrogens is 284 g/mol. The number of benzene rings is 1. The van der Waals surface area contributed by atoms with E-state index in [2.05, 4.69) is 50.6 Å². The summed E-state index contributed by atoms with van der Waals surface area (Å²) < 4.78 is 0. The van der Waals surface area contributed by atoms with Crippen molar-refractivity contribution in [2.45, 2.75) is 52.3 Å². The minimum Gasteiger partial charge on any atom is -0.152 e. The second kappa shape index (κ2) is 6.78. The highest BCUT2D eigenvalue weighted by Gasteiger charge is 2.20. The minimum absolute atomic E-state index is 0.0166. The highest BCUT2D eigenvalue weighted by Crippen LogP contribution is 2.37. The van der Waals surface area contributed by atoms with Gasteiger partial charge in [-0.2, -0.15) is 11.3 Å². The van der Waals surface area contributed by atoms with Gasteiger partial charge in [0.05, 0.1) is 5.38 Å². The molecular formula is C18H23ClS. The third kappa shape index (κ3) is 2.94. The van der Waals surface area contributed by atoms with E-state index in [1.54, 1.807) is 11.3 Å². The molecule has 0 spiro atoms. The van der Waals surface area contributed by atoms with E-state index in [0.717, 1.165) is 19.3 Å². The van der Waals surface area contributed by atoms with E-state index in [4.69, 9.17) is 11.6 Å². The number of alkyl halides is 1. The largest absolute Gasteiger partial charge is 0.152 e. The molecule has 2 rings (SSSR count). The normalized spacial score (nSPS) is 12.7. The molecule has 0 aliphatic carbocycles. The van der Waals surface area contributed by atoms with Gasteiger partial charge in [-0.05, 0) is 70.3 Å². The molecule has 0 bridgehead atoms. The first-order chi connectivity index (χ1) is 9.62. The summed E-state index contributed by atoms with van der Waals surface area (Å²) in [5, 5.41) is 4.36. The monoisotopic (exact) mass is 306 g/mol. The van der Waals surface area contributed by atoms with Crippen LogP contribution in [-0.2, 0) is 19.3 Å². The maximum Gasteiger partial charge on any atom is 0.0851 e. The Balaban J connectivity index is 2.57. The third-order valence-electron chi connectivity index (χ3n) is 4.00. The molecule has 1 unspecified atom stereocenters. The van der Waals surface area contributed by atoms with Crippen LogP contribution in [0.3, 0.4) is 0 Å². The standard InChI is InChI=1S/C18H23ClS/c1-5-13-8-14(6-2)17(15(7-3)9-13)18(19)16-11-20-10-12(16)4/h8-11,18H,5-7H2,1-4H3. The molecule has 2 aromatic rings. The number of hydrogen-bond donors (Lipinski definition) is 0. The van der Waals surface area contributed by atoms with E-state index < -0.39 is 0 Å². The summed E-state index contributed by atoms with van der Waals surface area (Å²) in [6.07, 6.45) is 3.18. The van der Waals surface area contributed by atoms with Gasteiger partial charge < -0.3 is 0 Å². The van der Waals surface area contributed by atoms with Gasteiger partial charge in [0.15, 0.2) is 0 Å². The molecule has 0 amide bonds. The van der Waals surface area contributed by atoms with Crippen LogP contribution in [0.4, 0.5) is 0 Å². The second-order valence-electron chi connectivity index (χ2n) is 5.26. The molecule has 0 aliphatic heterocycles. The molecule has 0 aliphatic rings. The van der Waals surface area contributed by atoms with Crippen molar-refractivity contribution in [3.05, 3.63) is 56.3 Å². The zero-order chi connectivity index (χ0) is 14.7. The van der Waals surface area contributed by atoms with Crippen LogP contribution in [0, 0.1) is 6.92 Å². The number of halogens is 1. The second-order valence-corrected chi connectivity index (χ2v) is 6.44. The minimum atomic E-state index is -0.0166. The lowest BCUT2D eigenvalue weighted by molar-refractivity contribution is 0.962. The summed E-state index contributed by atoms with van der Waals surface area (Å²) >= 11 is 8.59. The summed E-state index contributed by atoms with van der Waals surface area (Å²) in [7, 11) is 0. The highest BCUT2D eigenvalue weighted by atomic mass is 35.5. The summed E-state index contributed by atoms with van der Waals surface area (Å²) in [6.45, 7) is 8.82. The Bertz CT molecular complexity index is 558. The molecule has 0 N–H and O–H groups in total. The van der Waals surface area contributed by atoms with Crippen molar-refractivity contribution < 1.29 is 0 Å². The molecule has 2 heteroatoms. The molecule has 1 heterocycles. The fourth-order valence-electron chi connectivity index (χ4n) is 2.75. The molecule has 0 fully saturated rings. The van der Waals surface area contributed by atoms with Crippen molar-refractivity contribution in [3.63, 3.8) is 0 Å². The van der Waals surface area contributed by atoms with Gasteiger partial charge in [-0.25, -0.2) is 0 Å². The molecule has 1 atom stereocenters. The van der Waals surface area contributed by atoms with E-state index in [0.29, 0.717) is 0 Å². The van der Waals surface area contributed by atoms with Crippen LogP contribution in [-0.4, -0.2) is 0 Å². The van der Waals surface area contributed by atoms with Crippen molar-refractivity contribution in [1.29, 1.82) is 0 Å². The highest BCUT2D eigenvalue weighted by molar-refractivity contribution is 7.08. The van der Waals surface area contributed by atoms with Crippen molar-refractivity contribution in [3.8, 4) is 0 Å². The molecule has 1 aromatic carbocycles. The number of aryl methyl sites for hydroxylation is 4. The molecule has 0 nitrogen and oxygen atoms in total. The lowest BCUT2D eigenvalue weighted by atomic mass is 9.89. The van der Waals surface area contributed by atoms with Gasteiger partial charge in [-0.1, -0.05) is 32.9 Å². The molecule has 1 aromatic heterocycles. The van der Waals surface area contributed by atoms with Gasteiger partial charge in [-0.15, -0.1) is 11.6 Å². The Morgan fingerprint density at radius 2 is 1.60 bits per heavy atom. The Hall–Kier alpha value is -0.790.